The molecule has 1 radical (unpaired) electrons. The number of nitrogens with two attached hydrogens (primary N) is 1. The quantitative estimate of drug-likeness (QED) is 0.590. The molecule has 0 unspecified atom stereocenters. The van der Waals surface area contributed by atoms with Crippen molar-refractivity contribution in [2.24, 2.45) is 11.7 Å². The molecule has 3 N–H and O–H groups in total. The Bertz CT molecular complexity index is 157. The van der Waals surface area contributed by atoms with Crippen molar-refractivity contribution in [2.45, 2.75) is 26.3 Å². The van der Waals surface area contributed by atoms with E-state index in [4.69, 9.17) is 5.73 Å². The molecule has 69 valence electrons. The molecule has 0 fully saturated rings. The largest absolute Gasteiger partial charge is 0.347 e. The van der Waals surface area contributed by atoms with Crippen LogP contribution in [0.5, 0.6) is 0 Å². The summed E-state index contributed by atoms with van der Waals surface area (Å²) in [7, 11) is 0. The van der Waals surface area contributed by atoms with E-state index in [1.807, 2.05) is 13.8 Å². The van der Waals surface area contributed by atoms with Gasteiger partial charge >= 0.3 is 0 Å². The van der Waals surface area contributed by atoms with Gasteiger partial charge in [-0.1, -0.05) is 13.8 Å². The maximum absolute atomic E-state index is 11.0. The fourth-order valence-electron chi connectivity index (χ4n) is 0.869. The summed E-state index contributed by atoms with van der Waals surface area (Å²) in [6.45, 7) is 3.89. The molecule has 0 aliphatic rings. The summed E-state index contributed by atoms with van der Waals surface area (Å²) < 4.78 is 0. The predicted molar refractivity (Wildman–Crippen MR) is 46.1 cm³/mol. The fourth-order valence-corrected chi connectivity index (χ4v) is 0.869. The van der Waals surface area contributed by atoms with Crippen LogP contribution in [0.4, 0.5) is 0 Å². The van der Waals surface area contributed by atoms with E-state index >= 15 is 0 Å². The third-order valence-electron chi connectivity index (χ3n) is 1.40. The highest BCUT2D eigenvalue weighted by Crippen LogP contribution is 2.01. The summed E-state index contributed by atoms with van der Waals surface area (Å²) in [5, 5.41) is 2.35. The molecule has 0 aliphatic carbocycles. The molecule has 0 heterocycles. The van der Waals surface area contributed by atoms with Crippen molar-refractivity contribution in [3.8, 4) is 0 Å². The van der Waals surface area contributed by atoms with Crippen LogP contribution in [-0.2, 0) is 9.59 Å². The zero-order valence-electron chi connectivity index (χ0n) is 7.46. The van der Waals surface area contributed by atoms with Gasteiger partial charge in [-0.2, -0.15) is 0 Å². The van der Waals surface area contributed by atoms with Gasteiger partial charge in [0.1, 0.15) is 0 Å². The lowest BCUT2D eigenvalue weighted by Crippen LogP contribution is -2.41. The topological polar surface area (TPSA) is 72.2 Å². The van der Waals surface area contributed by atoms with E-state index in [1.54, 1.807) is 6.29 Å². The van der Waals surface area contributed by atoms with Gasteiger partial charge in [0.15, 0.2) is 0 Å². The van der Waals surface area contributed by atoms with E-state index in [9.17, 15) is 9.59 Å². The Balaban J connectivity index is 3.68. The number of hydrogen-bond acceptors (Lipinski definition) is 3. The second-order valence-corrected chi connectivity index (χ2v) is 3.10. The molecule has 0 saturated heterocycles. The molecule has 0 bridgehead atoms. The molecular weight excluding hydrogens is 156 g/mol. The Labute approximate surface area is 72.5 Å². The zero-order chi connectivity index (χ0) is 9.56. The first-order chi connectivity index (χ1) is 5.57. The fraction of sp³-hybridized carbons (Fsp3) is 0.750. The van der Waals surface area contributed by atoms with Crippen molar-refractivity contribution in [1.82, 2.24) is 5.32 Å². The van der Waals surface area contributed by atoms with Crippen LogP contribution < -0.4 is 11.1 Å². The first kappa shape index (κ1) is 11.1. The Kier molecular flexibility index (Phi) is 5.28. The van der Waals surface area contributed by atoms with Gasteiger partial charge in [-0.05, 0) is 12.3 Å². The van der Waals surface area contributed by atoms with Gasteiger partial charge in [0.2, 0.25) is 12.2 Å². The van der Waals surface area contributed by atoms with E-state index in [0.29, 0.717) is 12.3 Å². The molecule has 4 nitrogen and oxygen atoms in total. The molecule has 0 aromatic rings. The minimum atomic E-state index is -0.515. The molecule has 1 amide bonds. The highest BCUT2D eigenvalue weighted by molar-refractivity contribution is 5.83. The van der Waals surface area contributed by atoms with Crippen LogP contribution in [0.2, 0.25) is 0 Å². The van der Waals surface area contributed by atoms with Crippen molar-refractivity contribution in [3.05, 3.63) is 0 Å². The van der Waals surface area contributed by atoms with Gasteiger partial charge in [-0.3, -0.25) is 9.59 Å². The van der Waals surface area contributed by atoms with Crippen molar-refractivity contribution in [1.29, 1.82) is 0 Å². The van der Waals surface area contributed by atoms with Crippen LogP contribution >= 0.6 is 0 Å². The van der Waals surface area contributed by atoms with Gasteiger partial charge in [-0.15, -0.1) is 0 Å². The van der Waals surface area contributed by atoms with Gasteiger partial charge in [-0.25, -0.2) is 0 Å². The van der Waals surface area contributed by atoms with E-state index in [0.717, 1.165) is 0 Å². The van der Waals surface area contributed by atoms with Gasteiger partial charge < -0.3 is 11.1 Å². The Morgan fingerprint density at radius 1 is 1.58 bits per heavy atom. The first-order valence-corrected chi connectivity index (χ1v) is 3.96. The molecule has 0 aromatic heterocycles. The minimum Gasteiger partial charge on any atom is -0.347 e. The number of carbonyl (C=O) groups excluding carboxylic acids is 2. The van der Waals surface area contributed by atoms with Crippen molar-refractivity contribution in [3.63, 3.8) is 0 Å². The average Bonchev–Trinajstić information content (AvgIpc) is 1.98. The monoisotopic (exact) mass is 171 g/mol. The van der Waals surface area contributed by atoms with Crippen LogP contribution in [0.1, 0.15) is 20.3 Å². The van der Waals surface area contributed by atoms with Crippen LogP contribution in [-0.4, -0.2) is 24.8 Å². The predicted octanol–water partition coefficient (Wildman–Crippen LogP) is -0.414. The van der Waals surface area contributed by atoms with Crippen LogP contribution in [0, 0.1) is 5.92 Å². The molecular formula is C8H15N2O2. The molecule has 1 atom stereocenters. The number of hydrogen-bond donors (Lipinski definition) is 2. The first-order valence-electron chi connectivity index (χ1n) is 3.96. The maximum atomic E-state index is 11.0. The normalized spacial score (nSPS) is 12.7. The SMILES string of the molecule is CC(C)C[C@H](N)C(=O)NC[C]=O. The summed E-state index contributed by atoms with van der Waals surface area (Å²) >= 11 is 0. The maximum Gasteiger partial charge on any atom is 0.237 e. The highest BCUT2D eigenvalue weighted by atomic mass is 16.2. The molecule has 0 spiro atoms. The highest BCUT2D eigenvalue weighted by Gasteiger charge is 2.13. The van der Waals surface area contributed by atoms with E-state index < -0.39 is 6.04 Å². The van der Waals surface area contributed by atoms with Gasteiger partial charge in [0.25, 0.3) is 0 Å². The molecule has 0 aromatic carbocycles. The smallest absolute Gasteiger partial charge is 0.237 e. The van der Waals surface area contributed by atoms with Crippen molar-refractivity contribution >= 4 is 12.2 Å². The molecule has 4 heteroatoms. The lowest BCUT2D eigenvalue weighted by atomic mass is 10.0. The third-order valence-corrected chi connectivity index (χ3v) is 1.40. The molecule has 0 saturated carbocycles. The lowest BCUT2D eigenvalue weighted by Gasteiger charge is -2.12. The van der Waals surface area contributed by atoms with Gasteiger partial charge in [0.05, 0.1) is 12.6 Å². The van der Waals surface area contributed by atoms with Crippen LogP contribution in [0.15, 0.2) is 0 Å². The minimum absolute atomic E-state index is 0.0787. The third kappa shape index (κ3) is 4.85. The summed E-state index contributed by atoms with van der Waals surface area (Å²) in [6.07, 6.45) is 2.20. The number of rotatable bonds is 5. The van der Waals surface area contributed by atoms with E-state index in [-0.39, 0.29) is 12.5 Å². The molecule has 0 rings (SSSR count). The number of carbonyl (C=O) groups is 1. The van der Waals surface area contributed by atoms with Crippen molar-refractivity contribution < 1.29 is 9.59 Å². The number of amides is 1. The standard InChI is InChI=1S/C8H15N2O2/c1-6(2)5-7(9)8(12)10-3-4-11/h6-7H,3,5,9H2,1-2H3,(H,10,12)/t7-/m0/s1. The summed E-state index contributed by atoms with van der Waals surface area (Å²) in [5.41, 5.74) is 5.52. The Hall–Kier alpha value is -0.900. The second kappa shape index (κ2) is 5.71. The Morgan fingerprint density at radius 2 is 2.17 bits per heavy atom. The summed E-state index contributed by atoms with van der Waals surface area (Å²) in [5.74, 6) is 0.0954. The van der Waals surface area contributed by atoms with Crippen molar-refractivity contribution in [2.75, 3.05) is 6.54 Å². The van der Waals surface area contributed by atoms with Crippen LogP contribution in [0.3, 0.4) is 0 Å². The second-order valence-electron chi connectivity index (χ2n) is 3.10. The van der Waals surface area contributed by atoms with Crippen LogP contribution in [0.25, 0.3) is 0 Å². The molecule has 12 heavy (non-hydrogen) atoms. The molecule has 0 aliphatic heterocycles. The Morgan fingerprint density at radius 3 is 2.58 bits per heavy atom. The average molecular weight is 171 g/mol. The van der Waals surface area contributed by atoms with E-state index in [2.05, 4.69) is 5.32 Å². The lowest BCUT2D eigenvalue weighted by molar-refractivity contribution is -0.122. The summed E-state index contributed by atoms with van der Waals surface area (Å²) in [4.78, 5) is 20.8. The van der Waals surface area contributed by atoms with Gasteiger partial charge in [0, 0.05) is 0 Å². The van der Waals surface area contributed by atoms with E-state index in [1.165, 1.54) is 0 Å². The summed E-state index contributed by atoms with van der Waals surface area (Å²) in [6, 6.07) is -0.515. The zero-order valence-corrected chi connectivity index (χ0v) is 7.46. The number of nitrogens with one attached hydrogen (secondary N) is 1.